The lowest BCUT2D eigenvalue weighted by molar-refractivity contribution is -0.126. The van der Waals surface area contributed by atoms with Gasteiger partial charge in [-0.1, -0.05) is 13.0 Å². The van der Waals surface area contributed by atoms with Crippen LogP contribution in [0.5, 0.6) is 0 Å². The van der Waals surface area contributed by atoms with E-state index in [4.69, 9.17) is 0 Å². The molecule has 5 nitrogen and oxygen atoms in total. The number of aromatic nitrogens is 1. The van der Waals surface area contributed by atoms with Crippen LogP contribution in [0.25, 0.3) is 0 Å². The standard InChI is InChI=1S/C16H24N4O.2ClH/c1-12(14-10-17-11-14)16(21)19-9-13-4-5-15(18-8-13)20-6-2-3-7-20;;/h4-5,8,12,14,17H,2-3,6-7,9-11H2,1H3,(H,19,21);2*1H. The van der Waals surface area contributed by atoms with Crippen molar-refractivity contribution in [3.8, 4) is 0 Å². The first-order chi connectivity index (χ1) is 10.2. The number of pyridine rings is 1. The number of carbonyl (C=O) groups is 1. The summed E-state index contributed by atoms with van der Waals surface area (Å²) >= 11 is 0. The third kappa shape index (κ3) is 4.96. The van der Waals surface area contributed by atoms with Gasteiger partial charge in [-0.3, -0.25) is 4.79 Å². The maximum Gasteiger partial charge on any atom is 0.223 e. The van der Waals surface area contributed by atoms with Crippen molar-refractivity contribution in [2.75, 3.05) is 31.1 Å². The van der Waals surface area contributed by atoms with Gasteiger partial charge in [0.15, 0.2) is 0 Å². The summed E-state index contributed by atoms with van der Waals surface area (Å²) in [6, 6.07) is 4.13. The third-order valence-electron chi connectivity index (χ3n) is 4.64. The minimum Gasteiger partial charge on any atom is -0.357 e. The van der Waals surface area contributed by atoms with Crippen LogP contribution in [0.2, 0.25) is 0 Å². The molecule has 2 saturated heterocycles. The highest BCUT2D eigenvalue weighted by atomic mass is 35.5. The Labute approximate surface area is 150 Å². The fourth-order valence-electron chi connectivity index (χ4n) is 2.88. The molecule has 1 atom stereocenters. The van der Waals surface area contributed by atoms with Crippen molar-refractivity contribution in [2.45, 2.75) is 26.3 Å². The fraction of sp³-hybridized carbons (Fsp3) is 0.625. The zero-order chi connectivity index (χ0) is 14.7. The molecular weight excluding hydrogens is 335 g/mol. The van der Waals surface area contributed by atoms with E-state index in [0.717, 1.165) is 37.6 Å². The molecule has 0 bridgehead atoms. The Kier molecular flexibility index (Phi) is 8.09. The van der Waals surface area contributed by atoms with Gasteiger partial charge in [-0.25, -0.2) is 4.98 Å². The van der Waals surface area contributed by atoms with Gasteiger partial charge in [-0.15, -0.1) is 24.8 Å². The van der Waals surface area contributed by atoms with Crippen LogP contribution in [-0.2, 0) is 11.3 Å². The van der Waals surface area contributed by atoms with Crippen molar-refractivity contribution >= 4 is 36.5 Å². The van der Waals surface area contributed by atoms with E-state index in [-0.39, 0.29) is 36.6 Å². The van der Waals surface area contributed by atoms with Gasteiger partial charge in [0.05, 0.1) is 0 Å². The van der Waals surface area contributed by atoms with E-state index in [1.54, 1.807) is 0 Å². The lowest BCUT2D eigenvalue weighted by Gasteiger charge is -2.31. The molecule has 3 heterocycles. The van der Waals surface area contributed by atoms with Gasteiger partial charge in [0.25, 0.3) is 0 Å². The van der Waals surface area contributed by atoms with Crippen LogP contribution in [0, 0.1) is 11.8 Å². The summed E-state index contributed by atoms with van der Waals surface area (Å²) in [7, 11) is 0. The second-order valence-corrected chi connectivity index (χ2v) is 6.14. The van der Waals surface area contributed by atoms with Gasteiger partial charge in [0.1, 0.15) is 5.82 Å². The molecule has 0 aliphatic carbocycles. The Balaban J connectivity index is 0.00000132. The summed E-state index contributed by atoms with van der Waals surface area (Å²) in [5.41, 5.74) is 1.06. The molecule has 1 aromatic heterocycles. The highest BCUT2D eigenvalue weighted by Gasteiger charge is 2.28. The molecule has 23 heavy (non-hydrogen) atoms. The Bertz CT molecular complexity index is 487. The van der Waals surface area contributed by atoms with Crippen molar-refractivity contribution in [1.29, 1.82) is 0 Å². The zero-order valence-electron chi connectivity index (χ0n) is 13.5. The van der Waals surface area contributed by atoms with Crippen molar-refractivity contribution < 1.29 is 4.79 Å². The molecule has 2 fully saturated rings. The summed E-state index contributed by atoms with van der Waals surface area (Å²) < 4.78 is 0. The Morgan fingerprint density at radius 3 is 2.57 bits per heavy atom. The first-order valence-corrected chi connectivity index (χ1v) is 7.92. The zero-order valence-corrected chi connectivity index (χ0v) is 15.1. The number of amides is 1. The Morgan fingerprint density at radius 1 is 1.35 bits per heavy atom. The highest BCUT2D eigenvalue weighted by Crippen LogP contribution is 2.18. The molecule has 0 aromatic carbocycles. The van der Waals surface area contributed by atoms with E-state index in [0.29, 0.717) is 12.5 Å². The first kappa shape index (κ1) is 20.0. The van der Waals surface area contributed by atoms with Crippen LogP contribution in [0.15, 0.2) is 18.3 Å². The topological polar surface area (TPSA) is 57.3 Å². The van der Waals surface area contributed by atoms with Crippen LogP contribution in [-0.4, -0.2) is 37.1 Å². The number of nitrogens with zero attached hydrogens (tertiary/aromatic N) is 2. The minimum atomic E-state index is 0. The fourth-order valence-corrected chi connectivity index (χ4v) is 2.88. The molecule has 1 aromatic rings. The third-order valence-corrected chi connectivity index (χ3v) is 4.64. The van der Waals surface area contributed by atoms with Crippen LogP contribution in [0.1, 0.15) is 25.3 Å². The van der Waals surface area contributed by atoms with Crippen LogP contribution in [0.4, 0.5) is 5.82 Å². The Morgan fingerprint density at radius 2 is 2.04 bits per heavy atom. The summed E-state index contributed by atoms with van der Waals surface area (Å²) in [5, 5.41) is 6.23. The molecule has 7 heteroatoms. The number of hydrogen-bond donors (Lipinski definition) is 2. The molecule has 0 saturated carbocycles. The molecule has 1 unspecified atom stereocenters. The Hall–Kier alpha value is -1.04. The van der Waals surface area contributed by atoms with Crippen LogP contribution < -0.4 is 15.5 Å². The predicted octanol–water partition coefficient (Wildman–Crippen LogP) is 2.00. The summed E-state index contributed by atoms with van der Waals surface area (Å²) in [6.07, 6.45) is 4.39. The second kappa shape index (κ2) is 9.30. The number of hydrogen-bond acceptors (Lipinski definition) is 4. The molecule has 130 valence electrons. The maximum absolute atomic E-state index is 12.1. The van der Waals surface area contributed by atoms with Gasteiger partial charge in [-0.2, -0.15) is 0 Å². The SMILES string of the molecule is CC(C(=O)NCc1ccc(N2CCCC2)nc1)C1CNC1.Cl.Cl. The summed E-state index contributed by atoms with van der Waals surface area (Å²) in [4.78, 5) is 18.9. The molecule has 2 aliphatic heterocycles. The van der Waals surface area contributed by atoms with E-state index in [1.807, 2.05) is 13.1 Å². The smallest absolute Gasteiger partial charge is 0.223 e. The number of nitrogens with one attached hydrogen (secondary N) is 2. The number of anilines is 1. The second-order valence-electron chi connectivity index (χ2n) is 6.14. The monoisotopic (exact) mass is 360 g/mol. The summed E-state index contributed by atoms with van der Waals surface area (Å²) in [6.45, 7) is 6.71. The molecule has 0 spiro atoms. The quantitative estimate of drug-likeness (QED) is 0.842. The number of rotatable bonds is 5. The van der Waals surface area contributed by atoms with Crippen molar-refractivity contribution in [3.05, 3.63) is 23.9 Å². The average molecular weight is 361 g/mol. The molecule has 2 N–H and O–H groups in total. The van der Waals surface area contributed by atoms with E-state index in [2.05, 4.69) is 32.7 Å². The molecule has 3 rings (SSSR count). The number of halogens is 2. The van der Waals surface area contributed by atoms with E-state index in [9.17, 15) is 4.79 Å². The van der Waals surface area contributed by atoms with Crippen LogP contribution in [0.3, 0.4) is 0 Å². The van der Waals surface area contributed by atoms with Gasteiger partial charge in [0, 0.05) is 31.7 Å². The largest absolute Gasteiger partial charge is 0.357 e. The van der Waals surface area contributed by atoms with E-state index in [1.165, 1.54) is 12.8 Å². The van der Waals surface area contributed by atoms with Gasteiger partial charge in [-0.05, 0) is 43.5 Å². The predicted molar refractivity (Wildman–Crippen MR) is 97.6 cm³/mol. The van der Waals surface area contributed by atoms with Crippen molar-refractivity contribution in [2.24, 2.45) is 11.8 Å². The molecule has 2 aliphatic rings. The normalized spacial score (nSPS) is 18.4. The van der Waals surface area contributed by atoms with Gasteiger partial charge < -0.3 is 15.5 Å². The van der Waals surface area contributed by atoms with Gasteiger partial charge in [0.2, 0.25) is 5.91 Å². The lowest BCUT2D eigenvalue weighted by atomic mass is 9.88. The van der Waals surface area contributed by atoms with Crippen LogP contribution >= 0.6 is 24.8 Å². The molecule has 0 radical (unpaired) electrons. The maximum atomic E-state index is 12.1. The summed E-state index contributed by atoms with van der Waals surface area (Å²) in [5.74, 6) is 1.77. The van der Waals surface area contributed by atoms with Crippen molar-refractivity contribution in [3.63, 3.8) is 0 Å². The average Bonchev–Trinajstić information content (AvgIpc) is 2.97. The highest BCUT2D eigenvalue weighted by molar-refractivity contribution is 5.85. The lowest BCUT2D eigenvalue weighted by Crippen LogP contribution is -2.49. The molecule has 1 amide bonds. The van der Waals surface area contributed by atoms with Crippen molar-refractivity contribution in [1.82, 2.24) is 15.6 Å². The molecular formula is C16H26Cl2N4O. The minimum absolute atomic E-state index is 0. The number of carbonyl (C=O) groups excluding carboxylic acids is 1. The van der Waals surface area contributed by atoms with E-state index >= 15 is 0 Å². The van der Waals surface area contributed by atoms with Gasteiger partial charge >= 0.3 is 0 Å². The first-order valence-electron chi connectivity index (χ1n) is 7.92. The van der Waals surface area contributed by atoms with E-state index < -0.39 is 0 Å².